The van der Waals surface area contributed by atoms with E-state index in [1.54, 1.807) is 11.3 Å². The van der Waals surface area contributed by atoms with Crippen LogP contribution in [0.4, 0.5) is 0 Å². The molecular formula is C18H17N3S. The second-order valence-electron chi connectivity index (χ2n) is 5.42. The van der Waals surface area contributed by atoms with Crippen molar-refractivity contribution < 1.29 is 0 Å². The van der Waals surface area contributed by atoms with E-state index < -0.39 is 0 Å². The number of rotatable bonds is 4. The van der Waals surface area contributed by atoms with E-state index >= 15 is 0 Å². The highest BCUT2D eigenvalue weighted by Gasteiger charge is 2.15. The van der Waals surface area contributed by atoms with E-state index in [9.17, 15) is 0 Å². The molecule has 22 heavy (non-hydrogen) atoms. The third-order valence-corrected chi connectivity index (χ3v) is 4.91. The molecule has 2 heterocycles. The molecule has 3 nitrogen and oxygen atoms in total. The first-order valence-electron chi connectivity index (χ1n) is 7.68. The van der Waals surface area contributed by atoms with E-state index in [1.165, 1.54) is 16.6 Å². The van der Waals surface area contributed by atoms with Gasteiger partial charge < -0.3 is 4.57 Å². The van der Waals surface area contributed by atoms with Gasteiger partial charge in [0.05, 0.1) is 21.3 Å². The molecular weight excluding hydrogens is 290 g/mol. The Morgan fingerprint density at radius 2 is 1.73 bits per heavy atom. The summed E-state index contributed by atoms with van der Waals surface area (Å²) in [4.78, 5) is 9.62. The second kappa shape index (κ2) is 5.54. The fourth-order valence-corrected chi connectivity index (χ4v) is 3.71. The summed E-state index contributed by atoms with van der Waals surface area (Å²) in [6, 6.07) is 16.6. The van der Waals surface area contributed by atoms with Crippen molar-refractivity contribution in [2.45, 2.75) is 26.3 Å². The van der Waals surface area contributed by atoms with E-state index in [4.69, 9.17) is 9.97 Å². The van der Waals surface area contributed by atoms with E-state index in [0.717, 1.165) is 34.8 Å². The Balaban J connectivity index is 1.92. The number of hydrogen-bond donors (Lipinski definition) is 0. The molecule has 0 amide bonds. The van der Waals surface area contributed by atoms with Crippen LogP contribution in [0.1, 0.15) is 19.8 Å². The van der Waals surface area contributed by atoms with Crippen LogP contribution in [0, 0.1) is 0 Å². The first kappa shape index (κ1) is 13.5. The van der Waals surface area contributed by atoms with Gasteiger partial charge in [-0.25, -0.2) is 9.97 Å². The van der Waals surface area contributed by atoms with E-state index in [2.05, 4.69) is 47.9 Å². The number of fused-ring (bicyclic) bond motifs is 2. The molecule has 0 aliphatic heterocycles. The predicted molar refractivity (Wildman–Crippen MR) is 93.3 cm³/mol. The zero-order valence-electron chi connectivity index (χ0n) is 12.5. The SMILES string of the molecule is CCCCn1c(-c2nc3ccccc3s2)nc2ccccc21. The molecule has 0 aliphatic rings. The van der Waals surface area contributed by atoms with Gasteiger partial charge in [0.25, 0.3) is 0 Å². The van der Waals surface area contributed by atoms with Crippen molar-refractivity contribution in [3.05, 3.63) is 48.5 Å². The number of nitrogens with zero attached hydrogens (tertiary/aromatic N) is 3. The van der Waals surface area contributed by atoms with Gasteiger partial charge in [0.15, 0.2) is 10.8 Å². The molecule has 2 aromatic carbocycles. The maximum Gasteiger partial charge on any atom is 0.170 e. The molecule has 4 aromatic rings. The Bertz CT molecular complexity index is 903. The van der Waals surface area contributed by atoms with Gasteiger partial charge in [-0.3, -0.25) is 0 Å². The molecule has 0 saturated carbocycles. The molecule has 0 bridgehead atoms. The quantitative estimate of drug-likeness (QED) is 0.524. The number of para-hydroxylation sites is 3. The molecule has 2 aromatic heterocycles. The van der Waals surface area contributed by atoms with Crippen LogP contribution in [0.3, 0.4) is 0 Å². The van der Waals surface area contributed by atoms with Crippen molar-refractivity contribution in [2.75, 3.05) is 0 Å². The normalized spacial score (nSPS) is 11.5. The predicted octanol–water partition coefficient (Wildman–Crippen LogP) is 5.11. The van der Waals surface area contributed by atoms with Gasteiger partial charge in [0.2, 0.25) is 0 Å². The lowest BCUT2D eigenvalue weighted by molar-refractivity contribution is 0.651. The topological polar surface area (TPSA) is 30.7 Å². The van der Waals surface area contributed by atoms with Crippen LogP contribution >= 0.6 is 11.3 Å². The van der Waals surface area contributed by atoms with Gasteiger partial charge in [-0.05, 0) is 30.7 Å². The Kier molecular flexibility index (Phi) is 3.39. The monoisotopic (exact) mass is 307 g/mol. The van der Waals surface area contributed by atoms with Crippen LogP contribution in [0.2, 0.25) is 0 Å². The van der Waals surface area contributed by atoms with Gasteiger partial charge in [0.1, 0.15) is 0 Å². The smallest absolute Gasteiger partial charge is 0.170 e. The van der Waals surface area contributed by atoms with Crippen molar-refractivity contribution in [1.82, 2.24) is 14.5 Å². The molecule has 4 rings (SSSR count). The minimum atomic E-state index is 0.988. The van der Waals surface area contributed by atoms with E-state index in [1.807, 2.05) is 12.1 Å². The number of thiazole rings is 1. The van der Waals surface area contributed by atoms with Crippen LogP contribution in [0.5, 0.6) is 0 Å². The Morgan fingerprint density at radius 3 is 2.55 bits per heavy atom. The molecule has 0 unspecified atom stereocenters. The molecule has 110 valence electrons. The highest BCUT2D eigenvalue weighted by atomic mass is 32.1. The minimum absolute atomic E-state index is 0.988. The summed E-state index contributed by atoms with van der Waals surface area (Å²) in [5, 5.41) is 1.01. The second-order valence-corrected chi connectivity index (χ2v) is 6.45. The molecule has 0 saturated heterocycles. The van der Waals surface area contributed by atoms with Crippen molar-refractivity contribution in [2.24, 2.45) is 0 Å². The fourth-order valence-electron chi connectivity index (χ4n) is 2.75. The lowest BCUT2D eigenvalue weighted by Gasteiger charge is -2.06. The zero-order chi connectivity index (χ0) is 14.9. The highest BCUT2D eigenvalue weighted by Crippen LogP contribution is 2.31. The molecule has 0 spiro atoms. The highest BCUT2D eigenvalue weighted by molar-refractivity contribution is 7.21. The third-order valence-electron chi connectivity index (χ3n) is 3.87. The Morgan fingerprint density at radius 1 is 0.955 bits per heavy atom. The maximum atomic E-state index is 4.84. The Labute approximate surface area is 133 Å². The lowest BCUT2D eigenvalue weighted by atomic mass is 10.3. The van der Waals surface area contributed by atoms with Gasteiger partial charge in [-0.15, -0.1) is 11.3 Å². The summed E-state index contributed by atoms with van der Waals surface area (Å²) >= 11 is 1.72. The molecule has 0 N–H and O–H groups in total. The number of unbranched alkanes of at least 4 members (excludes halogenated alkanes) is 1. The van der Waals surface area contributed by atoms with Crippen molar-refractivity contribution in [3.63, 3.8) is 0 Å². The van der Waals surface area contributed by atoms with Crippen molar-refractivity contribution >= 4 is 32.6 Å². The Hall–Kier alpha value is -2.20. The number of aromatic nitrogens is 3. The first-order chi connectivity index (χ1) is 10.9. The van der Waals surface area contributed by atoms with Crippen LogP contribution in [0.15, 0.2) is 48.5 Å². The summed E-state index contributed by atoms with van der Waals surface area (Å²) in [5.74, 6) is 0.996. The summed E-state index contributed by atoms with van der Waals surface area (Å²) < 4.78 is 3.53. The molecule has 0 fully saturated rings. The number of benzene rings is 2. The standard InChI is InChI=1S/C18H17N3S/c1-2-3-12-21-15-10-6-4-8-13(15)19-17(21)18-20-14-9-5-7-11-16(14)22-18/h4-11H,2-3,12H2,1H3. The summed E-state index contributed by atoms with van der Waals surface area (Å²) in [7, 11) is 0. The summed E-state index contributed by atoms with van der Waals surface area (Å²) in [6.07, 6.45) is 2.32. The summed E-state index contributed by atoms with van der Waals surface area (Å²) in [6.45, 7) is 3.21. The van der Waals surface area contributed by atoms with Gasteiger partial charge in [-0.1, -0.05) is 37.6 Å². The van der Waals surface area contributed by atoms with Crippen molar-refractivity contribution in [1.29, 1.82) is 0 Å². The largest absolute Gasteiger partial charge is 0.322 e. The van der Waals surface area contributed by atoms with E-state index in [-0.39, 0.29) is 0 Å². The van der Waals surface area contributed by atoms with Crippen LogP contribution in [-0.2, 0) is 6.54 Å². The molecule has 0 radical (unpaired) electrons. The van der Waals surface area contributed by atoms with Gasteiger partial charge >= 0.3 is 0 Å². The van der Waals surface area contributed by atoms with Crippen LogP contribution in [-0.4, -0.2) is 14.5 Å². The first-order valence-corrected chi connectivity index (χ1v) is 8.49. The third kappa shape index (κ3) is 2.20. The minimum Gasteiger partial charge on any atom is -0.322 e. The lowest BCUT2D eigenvalue weighted by Crippen LogP contribution is -2.00. The average molecular weight is 307 g/mol. The number of imidazole rings is 1. The van der Waals surface area contributed by atoms with Crippen LogP contribution < -0.4 is 0 Å². The number of hydrogen-bond acceptors (Lipinski definition) is 3. The van der Waals surface area contributed by atoms with Crippen molar-refractivity contribution in [3.8, 4) is 10.8 Å². The van der Waals surface area contributed by atoms with Crippen LogP contribution in [0.25, 0.3) is 32.1 Å². The number of aryl methyl sites for hydroxylation is 1. The van der Waals surface area contributed by atoms with Gasteiger partial charge in [-0.2, -0.15) is 0 Å². The maximum absolute atomic E-state index is 4.84. The molecule has 0 atom stereocenters. The average Bonchev–Trinajstić information content (AvgIpc) is 3.14. The van der Waals surface area contributed by atoms with E-state index in [0.29, 0.717) is 0 Å². The molecule has 4 heteroatoms. The molecule has 0 aliphatic carbocycles. The summed E-state index contributed by atoms with van der Waals surface area (Å²) in [5.41, 5.74) is 3.30. The van der Waals surface area contributed by atoms with Gasteiger partial charge in [0, 0.05) is 6.54 Å². The zero-order valence-corrected chi connectivity index (χ0v) is 13.3. The fraction of sp³-hybridized carbons (Fsp3) is 0.222.